The first-order valence-corrected chi connectivity index (χ1v) is 17.9. The molecule has 2 fully saturated rings. The Morgan fingerprint density at radius 2 is 0.933 bits per heavy atom. The van der Waals surface area contributed by atoms with Gasteiger partial charge in [-0.1, -0.05) is 65.0 Å². The van der Waals surface area contributed by atoms with E-state index in [-0.39, 0.29) is 0 Å². The molecule has 88 valence electrons. The van der Waals surface area contributed by atoms with Gasteiger partial charge in [0.15, 0.2) is 0 Å². The van der Waals surface area contributed by atoms with Crippen molar-refractivity contribution in [1.29, 1.82) is 0 Å². The predicted octanol–water partition coefficient (Wildman–Crippen LogP) is 4.60. The van der Waals surface area contributed by atoms with Gasteiger partial charge in [-0.05, 0) is 11.1 Å². The summed E-state index contributed by atoms with van der Waals surface area (Å²) in [6.45, 7) is 16.3. The van der Waals surface area contributed by atoms with Gasteiger partial charge in [0.05, 0.1) is 0 Å². The van der Waals surface area contributed by atoms with Crippen LogP contribution in [0.2, 0.25) is 50.4 Å². The van der Waals surface area contributed by atoms with E-state index in [4.69, 9.17) is 0 Å². The van der Waals surface area contributed by atoms with Crippen molar-refractivity contribution in [3.63, 3.8) is 0 Å². The average Bonchev–Trinajstić information content (AvgIpc) is 2.54. The van der Waals surface area contributed by atoms with Crippen molar-refractivity contribution in [2.45, 2.75) is 76.0 Å². The molecule has 0 atom stereocenters. The summed E-state index contributed by atoms with van der Waals surface area (Å²) in [5.41, 5.74) is 2.53. The highest BCUT2D eigenvalue weighted by molar-refractivity contribution is 7.70. The maximum Gasteiger partial charge on any atom is 0.0477 e. The summed E-state index contributed by atoms with van der Waals surface area (Å²) in [6, 6.07) is 0. The Morgan fingerprint density at radius 3 is 1.07 bits per heavy atom. The van der Waals surface area contributed by atoms with E-state index in [1.807, 2.05) is 0 Å². The molecule has 2 bridgehead atoms. The molecule has 0 nitrogen and oxygen atoms in total. The Balaban J connectivity index is 2.51. The maximum absolute atomic E-state index is 2.72. The first kappa shape index (κ1) is 12.1. The molecule has 2 aliphatic rings. The van der Waals surface area contributed by atoms with Crippen molar-refractivity contribution in [3.05, 3.63) is 0 Å². The van der Waals surface area contributed by atoms with Crippen LogP contribution in [0.5, 0.6) is 0 Å². The van der Waals surface area contributed by atoms with Crippen molar-refractivity contribution >= 4 is 22.3 Å². The molecule has 2 saturated heterocycles. The lowest BCUT2D eigenvalue weighted by Gasteiger charge is -2.52. The monoisotopic (exact) mass is 256 g/mol. The van der Waals surface area contributed by atoms with Crippen LogP contribution in [0.1, 0.15) is 25.7 Å². The molecular weight excluding hydrogens is 228 g/mol. The summed E-state index contributed by atoms with van der Waals surface area (Å²) in [4.78, 5) is 0. The Kier molecular flexibility index (Phi) is 2.69. The standard InChI is InChI=1S/C12H28Si3/c1-13(2,3)15(14(4,5)6)11-7-8-12(15)10-9-11/h11-12H,7-10H2,1-6H3. The second-order valence-corrected chi connectivity index (χ2v) is 35.8. The Labute approximate surface area is 98.5 Å². The number of hydrogen-bond acceptors (Lipinski definition) is 0. The van der Waals surface area contributed by atoms with Crippen molar-refractivity contribution in [2.75, 3.05) is 0 Å². The molecule has 0 aliphatic carbocycles. The third-order valence-electron chi connectivity index (χ3n) is 5.50. The van der Waals surface area contributed by atoms with Gasteiger partial charge in [-0.15, -0.1) is 0 Å². The van der Waals surface area contributed by atoms with Gasteiger partial charge in [0.25, 0.3) is 0 Å². The predicted molar refractivity (Wildman–Crippen MR) is 78.4 cm³/mol. The molecule has 2 rings (SSSR count). The number of fused-ring (bicyclic) bond motifs is 2. The van der Waals surface area contributed by atoms with Crippen molar-refractivity contribution in [1.82, 2.24) is 0 Å². The molecule has 0 saturated carbocycles. The fourth-order valence-electron chi connectivity index (χ4n) is 5.91. The van der Waals surface area contributed by atoms with E-state index in [2.05, 4.69) is 39.3 Å². The van der Waals surface area contributed by atoms with Crippen LogP contribution in [0.3, 0.4) is 0 Å². The minimum Gasteiger partial charge on any atom is -0.0716 e. The zero-order valence-corrected chi connectivity index (χ0v) is 14.5. The van der Waals surface area contributed by atoms with Crippen LogP contribution in [-0.4, -0.2) is 22.3 Å². The highest BCUT2D eigenvalue weighted by Gasteiger charge is 2.67. The van der Waals surface area contributed by atoms with Crippen LogP contribution >= 0.6 is 0 Å². The Morgan fingerprint density at radius 1 is 0.667 bits per heavy atom. The quantitative estimate of drug-likeness (QED) is 0.634. The van der Waals surface area contributed by atoms with E-state index >= 15 is 0 Å². The molecule has 0 N–H and O–H groups in total. The molecule has 0 aromatic heterocycles. The average molecular weight is 257 g/mol. The SMILES string of the molecule is C[Si](C)(C)[Si]1([Si](C)(C)C)C2CCC1CC2. The van der Waals surface area contributed by atoms with Gasteiger partial charge in [0, 0.05) is 22.3 Å². The lowest BCUT2D eigenvalue weighted by molar-refractivity contribution is 0.565. The second-order valence-electron chi connectivity index (χ2n) is 7.92. The third kappa shape index (κ3) is 1.42. The van der Waals surface area contributed by atoms with Crippen LogP contribution in [0.25, 0.3) is 0 Å². The summed E-state index contributed by atoms with van der Waals surface area (Å²) in [5.74, 6) is 0. The van der Waals surface area contributed by atoms with E-state index < -0.39 is 22.3 Å². The molecule has 2 heterocycles. The van der Waals surface area contributed by atoms with E-state index in [0.29, 0.717) is 0 Å². The number of hydrogen-bond donors (Lipinski definition) is 0. The summed E-state index contributed by atoms with van der Waals surface area (Å²) >= 11 is 0. The highest BCUT2D eigenvalue weighted by atomic mass is 29.6. The normalized spacial score (nSPS) is 34.8. The summed E-state index contributed by atoms with van der Waals surface area (Å²) < 4.78 is 0. The van der Waals surface area contributed by atoms with Crippen LogP contribution < -0.4 is 0 Å². The first-order valence-electron chi connectivity index (χ1n) is 6.71. The van der Waals surface area contributed by atoms with Crippen LogP contribution in [0, 0.1) is 0 Å². The molecule has 0 amide bonds. The van der Waals surface area contributed by atoms with E-state index in [0.717, 1.165) is 0 Å². The van der Waals surface area contributed by atoms with Gasteiger partial charge in [0.2, 0.25) is 0 Å². The minimum atomic E-state index is -0.873. The minimum absolute atomic E-state index is 0.853. The third-order valence-corrected chi connectivity index (χ3v) is 47.5. The maximum atomic E-state index is 2.72. The van der Waals surface area contributed by atoms with Gasteiger partial charge in [-0.3, -0.25) is 0 Å². The Hall–Kier alpha value is 0.651. The number of rotatable bonds is 2. The van der Waals surface area contributed by atoms with Gasteiger partial charge in [-0.25, -0.2) is 0 Å². The second kappa shape index (κ2) is 3.33. The van der Waals surface area contributed by atoms with Crippen LogP contribution in [0.15, 0.2) is 0 Å². The topological polar surface area (TPSA) is 0 Å². The van der Waals surface area contributed by atoms with Gasteiger partial charge >= 0.3 is 0 Å². The summed E-state index contributed by atoms with van der Waals surface area (Å²) in [5, 5.41) is 0. The van der Waals surface area contributed by atoms with E-state index in [9.17, 15) is 0 Å². The van der Waals surface area contributed by atoms with Crippen molar-refractivity contribution < 1.29 is 0 Å². The molecule has 0 unspecified atom stereocenters. The Bertz CT molecular complexity index is 223. The van der Waals surface area contributed by atoms with E-state index in [1.54, 1.807) is 25.7 Å². The summed E-state index contributed by atoms with van der Waals surface area (Å²) in [7, 11) is -2.60. The zero-order chi connectivity index (χ0) is 11.5. The van der Waals surface area contributed by atoms with Crippen LogP contribution in [0.4, 0.5) is 0 Å². The van der Waals surface area contributed by atoms with Gasteiger partial charge < -0.3 is 0 Å². The highest BCUT2D eigenvalue weighted by Crippen LogP contribution is 2.64. The fourth-order valence-corrected chi connectivity index (χ4v) is 61.4. The molecule has 2 aliphatic heterocycles. The molecule has 3 heteroatoms. The van der Waals surface area contributed by atoms with Crippen molar-refractivity contribution in [2.24, 2.45) is 0 Å². The summed E-state index contributed by atoms with van der Waals surface area (Å²) in [6.07, 6.45) is 6.52. The van der Waals surface area contributed by atoms with Crippen molar-refractivity contribution in [3.8, 4) is 0 Å². The lowest BCUT2D eigenvalue weighted by atomic mass is 10.0. The molecule has 0 aromatic rings. The molecule has 15 heavy (non-hydrogen) atoms. The van der Waals surface area contributed by atoms with Crippen LogP contribution in [-0.2, 0) is 0 Å². The molecular formula is C12H28Si3. The van der Waals surface area contributed by atoms with Gasteiger partial charge in [0.1, 0.15) is 0 Å². The fraction of sp³-hybridized carbons (Fsp3) is 1.00. The van der Waals surface area contributed by atoms with Gasteiger partial charge in [-0.2, -0.15) is 0 Å². The first-order chi connectivity index (χ1) is 6.71. The van der Waals surface area contributed by atoms with E-state index in [1.165, 1.54) is 11.1 Å². The lowest BCUT2D eigenvalue weighted by Crippen LogP contribution is -2.72. The molecule has 0 radical (unpaired) electrons. The zero-order valence-electron chi connectivity index (χ0n) is 11.5. The molecule has 0 spiro atoms. The smallest absolute Gasteiger partial charge is 0.0477 e. The largest absolute Gasteiger partial charge is 0.0716 e. The molecule has 0 aromatic carbocycles.